The number of halogens is 1. The van der Waals surface area contributed by atoms with Crippen LogP contribution >= 0.6 is 11.6 Å². The van der Waals surface area contributed by atoms with Crippen LogP contribution in [0.5, 0.6) is 0 Å². The first-order chi connectivity index (χ1) is 11.0. The quantitative estimate of drug-likeness (QED) is 0.875. The summed E-state index contributed by atoms with van der Waals surface area (Å²) in [6.45, 7) is 1.71. The van der Waals surface area contributed by atoms with E-state index in [-0.39, 0.29) is 0 Å². The van der Waals surface area contributed by atoms with E-state index >= 15 is 0 Å². The third kappa shape index (κ3) is 2.86. The molecule has 0 saturated carbocycles. The Balaban J connectivity index is 1.76. The lowest BCUT2D eigenvalue weighted by atomic mass is 10.0. The predicted octanol–water partition coefficient (Wildman–Crippen LogP) is 2.96. The second-order valence-corrected chi connectivity index (χ2v) is 5.77. The van der Waals surface area contributed by atoms with Gasteiger partial charge in [-0.2, -0.15) is 0 Å². The van der Waals surface area contributed by atoms with Crippen LogP contribution in [-0.4, -0.2) is 23.0 Å². The highest BCUT2D eigenvalue weighted by Gasteiger charge is 2.38. The number of rotatable bonds is 4. The summed E-state index contributed by atoms with van der Waals surface area (Å²) in [7, 11) is 0. The maximum absolute atomic E-state index is 12.3. The maximum Gasteiger partial charge on any atom is 0.285 e. The first-order valence-corrected chi connectivity index (χ1v) is 7.52. The lowest BCUT2D eigenvalue weighted by Crippen LogP contribution is -2.38. The van der Waals surface area contributed by atoms with Crippen LogP contribution in [0, 0.1) is 0 Å². The van der Waals surface area contributed by atoms with Crippen LogP contribution in [0.15, 0.2) is 48.5 Å². The minimum Gasteiger partial charge on any atom is -0.322 e. The van der Waals surface area contributed by atoms with Gasteiger partial charge in [0.25, 0.3) is 11.8 Å². The fourth-order valence-corrected chi connectivity index (χ4v) is 2.58. The molecule has 3 rings (SSSR count). The SMILES string of the molecule is C[C@@H](ON1C(=O)c2ccccc2C1=O)[C@H](N)c1ccc(Cl)cc1. The number of nitrogens with zero attached hydrogens (tertiary/aromatic N) is 1. The molecule has 6 heteroatoms. The van der Waals surface area contributed by atoms with Crippen molar-refractivity contribution in [2.45, 2.75) is 19.1 Å². The molecule has 0 unspecified atom stereocenters. The van der Waals surface area contributed by atoms with Gasteiger partial charge >= 0.3 is 0 Å². The molecule has 0 radical (unpaired) electrons. The molecule has 2 amide bonds. The van der Waals surface area contributed by atoms with Crippen LogP contribution in [0.25, 0.3) is 0 Å². The van der Waals surface area contributed by atoms with E-state index in [1.54, 1.807) is 55.5 Å². The molecule has 23 heavy (non-hydrogen) atoms. The van der Waals surface area contributed by atoms with Crippen LogP contribution < -0.4 is 5.73 Å². The number of benzene rings is 2. The molecule has 0 aromatic heterocycles. The van der Waals surface area contributed by atoms with Gasteiger partial charge in [-0.1, -0.05) is 35.9 Å². The summed E-state index contributed by atoms with van der Waals surface area (Å²) in [5.74, 6) is -0.943. The number of carbonyl (C=O) groups excluding carboxylic acids is 2. The number of hydrogen-bond acceptors (Lipinski definition) is 4. The molecule has 0 spiro atoms. The van der Waals surface area contributed by atoms with Gasteiger partial charge < -0.3 is 5.73 Å². The lowest BCUT2D eigenvalue weighted by molar-refractivity contribution is -0.133. The van der Waals surface area contributed by atoms with E-state index in [0.717, 1.165) is 10.6 Å². The molecule has 1 aliphatic heterocycles. The second kappa shape index (κ2) is 6.12. The highest BCUT2D eigenvalue weighted by atomic mass is 35.5. The average Bonchev–Trinajstić information content (AvgIpc) is 2.80. The van der Waals surface area contributed by atoms with Crippen LogP contribution in [0.2, 0.25) is 5.02 Å². The van der Waals surface area contributed by atoms with Gasteiger partial charge in [-0.05, 0) is 36.8 Å². The molecular weight excluding hydrogens is 316 g/mol. The molecule has 0 bridgehead atoms. The molecule has 2 aromatic carbocycles. The fraction of sp³-hybridized carbons (Fsp3) is 0.176. The Labute approximate surface area is 138 Å². The van der Waals surface area contributed by atoms with Gasteiger partial charge in [0.05, 0.1) is 17.2 Å². The summed E-state index contributed by atoms with van der Waals surface area (Å²) >= 11 is 5.85. The largest absolute Gasteiger partial charge is 0.322 e. The molecule has 2 atom stereocenters. The van der Waals surface area contributed by atoms with E-state index < -0.39 is 24.0 Å². The van der Waals surface area contributed by atoms with Crippen LogP contribution in [0.4, 0.5) is 0 Å². The van der Waals surface area contributed by atoms with Crippen LogP contribution in [0.1, 0.15) is 39.2 Å². The zero-order valence-electron chi connectivity index (χ0n) is 12.4. The van der Waals surface area contributed by atoms with E-state index in [0.29, 0.717) is 16.1 Å². The minimum atomic E-state index is -0.571. The smallest absolute Gasteiger partial charge is 0.285 e. The normalized spacial score (nSPS) is 16.4. The number of hydrogen-bond donors (Lipinski definition) is 1. The number of imide groups is 1. The predicted molar refractivity (Wildman–Crippen MR) is 85.9 cm³/mol. The molecule has 2 N–H and O–H groups in total. The molecule has 5 nitrogen and oxygen atoms in total. The van der Waals surface area contributed by atoms with Crippen molar-refractivity contribution < 1.29 is 14.4 Å². The van der Waals surface area contributed by atoms with Crippen molar-refractivity contribution in [3.8, 4) is 0 Å². The number of amides is 2. The minimum absolute atomic E-state index is 0.338. The average molecular weight is 331 g/mol. The Morgan fingerprint density at radius 2 is 1.52 bits per heavy atom. The van der Waals surface area contributed by atoms with Crippen molar-refractivity contribution in [2.24, 2.45) is 5.73 Å². The molecule has 0 aliphatic carbocycles. The third-order valence-corrected chi connectivity index (χ3v) is 4.04. The summed E-state index contributed by atoms with van der Waals surface area (Å²) in [6, 6.07) is 13.1. The van der Waals surface area contributed by atoms with Crippen molar-refractivity contribution >= 4 is 23.4 Å². The number of fused-ring (bicyclic) bond motifs is 1. The van der Waals surface area contributed by atoms with Crippen LogP contribution in [0.3, 0.4) is 0 Å². The summed E-state index contributed by atoms with van der Waals surface area (Å²) in [5.41, 5.74) is 7.62. The Bertz CT molecular complexity index is 726. The van der Waals surface area contributed by atoms with Crippen molar-refractivity contribution in [3.63, 3.8) is 0 Å². The summed E-state index contributed by atoms with van der Waals surface area (Å²) in [4.78, 5) is 30.1. The van der Waals surface area contributed by atoms with Gasteiger partial charge in [0.2, 0.25) is 0 Å². The number of carbonyl (C=O) groups is 2. The Morgan fingerprint density at radius 1 is 1.00 bits per heavy atom. The molecule has 0 saturated heterocycles. The van der Waals surface area contributed by atoms with Gasteiger partial charge in [0, 0.05) is 5.02 Å². The van der Waals surface area contributed by atoms with Crippen molar-refractivity contribution in [3.05, 3.63) is 70.2 Å². The first kappa shape index (κ1) is 15.7. The zero-order chi connectivity index (χ0) is 16.6. The Kier molecular flexibility index (Phi) is 4.17. The Morgan fingerprint density at radius 3 is 2.04 bits per heavy atom. The Hall–Kier alpha value is -2.21. The summed E-state index contributed by atoms with van der Waals surface area (Å²) in [5, 5.41) is 1.39. The first-order valence-electron chi connectivity index (χ1n) is 7.14. The molecule has 118 valence electrons. The van der Waals surface area contributed by atoms with Gasteiger partial charge in [0.1, 0.15) is 6.10 Å². The number of hydroxylamine groups is 2. The zero-order valence-corrected chi connectivity index (χ0v) is 13.2. The van der Waals surface area contributed by atoms with Gasteiger partial charge in [-0.3, -0.25) is 14.4 Å². The third-order valence-electron chi connectivity index (χ3n) is 3.79. The molecule has 1 aliphatic rings. The second-order valence-electron chi connectivity index (χ2n) is 5.34. The van der Waals surface area contributed by atoms with E-state index in [4.69, 9.17) is 22.2 Å². The molecule has 1 heterocycles. The van der Waals surface area contributed by atoms with E-state index in [1.165, 1.54) is 0 Å². The van der Waals surface area contributed by atoms with E-state index in [9.17, 15) is 9.59 Å². The monoisotopic (exact) mass is 330 g/mol. The highest BCUT2D eigenvalue weighted by Crippen LogP contribution is 2.26. The highest BCUT2D eigenvalue weighted by molar-refractivity contribution is 6.30. The molecule has 0 fully saturated rings. The van der Waals surface area contributed by atoms with Gasteiger partial charge in [-0.15, -0.1) is 5.06 Å². The number of nitrogens with two attached hydrogens (primary N) is 1. The summed E-state index contributed by atoms with van der Waals surface area (Å²) < 4.78 is 0. The van der Waals surface area contributed by atoms with E-state index in [2.05, 4.69) is 0 Å². The fourth-order valence-electron chi connectivity index (χ4n) is 2.45. The van der Waals surface area contributed by atoms with Gasteiger partial charge in [-0.25, -0.2) is 0 Å². The standard InChI is InChI=1S/C17H15ClN2O3/c1-10(15(19)11-6-8-12(18)9-7-11)23-20-16(21)13-4-2-3-5-14(13)17(20)22/h2-10,15H,19H2,1H3/t10-,15+/m1/s1. The van der Waals surface area contributed by atoms with Crippen LogP contribution in [-0.2, 0) is 4.84 Å². The topological polar surface area (TPSA) is 72.6 Å². The van der Waals surface area contributed by atoms with E-state index in [1.807, 2.05) is 0 Å². The molecule has 2 aromatic rings. The molecular formula is C17H15ClN2O3. The van der Waals surface area contributed by atoms with Crippen molar-refractivity contribution in [1.82, 2.24) is 5.06 Å². The van der Waals surface area contributed by atoms with Crippen molar-refractivity contribution in [2.75, 3.05) is 0 Å². The van der Waals surface area contributed by atoms with Gasteiger partial charge in [0.15, 0.2) is 0 Å². The maximum atomic E-state index is 12.3. The summed E-state index contributed by atoms with van der Waals surface area (Å²) in [6.07, 6.45) is -0.571. The van der Waals surface area contributed by atoms with Crippen molar-refractivity contribution in [1.29, 1.82) is 0 Å². The lowest BCUT2D eigenvalue weighted by Gasteiger charge is -2.24.